The fourth-order valence-corrected chi connectivity index (χ4v) is 6.00. The van der Waals surface area contributed by atoms with Crippen molar-refractivity contribution in [1.29, 1.82) is 5.26 Å². The van der Waals surface area contributed by atoms with Crippen LogP contribution in [0, 0.1) is 29.1 Å². The molecule has 1 saturated heterocycles. The number of aryl methyl sites for hydroxylation is 1. The summed E-state index contributed by atoms with van der Waals surface area (Å²) in [5.41, 5.74) is 5.56. The second kappa shape index (κ2) is 9.75. The third-order valence-corrected chi connectivity index (χ3v) is 8.23. The lowest BCUT2D eigenvalue weighted by Gasteiger charge is -2.21. The molecule has 5 aromatic heterocycles. The summed E-state index contributed by atoms with van der Waals surface area (Å²) in [6, 6.07) is 11.8. The highest BCUT2D eigenvalue weighted by atomic mass is 16.5. The predicted molar refractivity (Wildman–Crippen MR) is 151 cm³/mol. The number of carbonyl (C=O) groups excluding carboxylic acids is 1. The van der Waals surface area contributed by atoms with Crippen LogP contribution in [-0.2, 0) is 7.05 Å². The third kappa shape index (κ3) is 4.43. The number of piperidine rings is 1. The SMILES string of the molecule is COc1cc(C(=O)NCC2[C@H]3CN(c4ccc(-c5cc(-c6cnn(C)c6)cn6ncc(C#N)c56)cn4)C[C@@H]23)ccn1. The number of amides is 1. The molecule has 204 valence electrons. The summed E-state index contributed by atoms with van der Waals surface area (Å²) < 4.78 is 8.63. The van der Waals surface area contributed by atoms with E-state index in [0.717, 1.165) is 46.7 Å². The lowest BCUT2D eigenvalue weighted by atomic mass is 10.0. The van der Waals surface area contributed by atoms with E-state index < -0.39 is 0 Å². The number of carbonyl (C=O) groups is 1. The minimum atomic E-state index is -0.107. The first-order chi connectivity index (χ1) is 20.0. The molecule has 2 aliphatic rings. The van der Waals surface area contributed by atoms with Crippen molar-refractivity contribution in [2.45, 2.75) is 0 Å². The molecule has 3 atom stereocenters. The largest absolute Gasteiger partial charge is 0.481 e. The summed E-state index contributed by atoms with van der Waals surface area (Å²) in [4.78, 5) is 23.7. The normalized spacial score (nSPS) is 19.1. The molecule has 0 aromatic carbocycles. The molecular formula is C30H27N9O2. The summed E-state index contributed by atoms with van der Waals surface area (Å²) in [6.07, 6.45) is 10.7. The van der Waals surface area contributed by atoms with Gasteiger partial charge in [-0.25, -0.2) is 14.5 Å². The van der Waals surface area contributed by atoms with Gasteiger partial charge in [-0.1, -0.05) is 0 Å². The van der Waals surface area contributed by atoms with Crippen molar-refractivity contribution >= 4 is 17.2 Å². The minimum Gasteiger partial charge on any atom is -0.481 e. The van der Waals surface area contributed by atoms with Gasteiger partial charge in [-0.05, 0) is 42.0 Å². The highest BCUT2D eigenvalue weighted by Crippen LogP contribution is 2.52. The Labute approximate surface area is 236 Å². The van der Waals surface area contributed by atoms with Crippen LogP contribution in [0.3, 0.4) is 0 Å². The first-order valence-electron chi connectivity index (χ1n) is 13.4. The van der Waals surface area contributed by atoms with Crippen LogP contribution in [0.5, 0.6) is 5.88 Å². The summed E-state index contributed by atoms with van der Waals surface area (Å²) in [7, 11) is 3.42. The quantitative estimate of drug-likeness (QED) is 0.331. The number of nitrogens with one attached hydrogen (secondary N) is 1. The lowest BCUT2D eigenvalue weighted by molar-refractivity contribution is 0.0950. The molecule has 5 aromatic rings. The summed E-state index contributed by atoms with van der Waals surface area (Å²) in [5.74, 6) is 2.82. The number of rotatable bonds is 7. The van der Waals surface area contributed by atoms with Crippen molar-refractivity contribution in [2.75, 3.05) is 31.6 Å². The van der Waals surface area contributed by atoms with Crippen molar-refractivity contribution in [3.8, 4) is 34.2 Å². The van der Waals surface area contributed by atoms with E-state index in [2.05, 4.69) is 43.6 Å². The molecule has 1 N–H and O–H groups in total. The molecule has 0 spiro atoms. The van der Waals surface area contributed by atoms with Crippen molar-refractivity contribution in [3.05, 3.63) is 78.6 Å². The van der Waals surface area contributed by atoms with Crippen LogP contribution in [0.1, 0.15) is 15.9 Å². The zero-order valence-corrected chi connectivity index (χ0v) is 22.6. The summed E-state index contributed by atoms with van der Waals surface area (Å²) in [6.45, 7) is 2.50. The Hall–Kier alpha value is -5.24. The van der Waals surface area contributed by atoms with Gasteiger partial charge >= 0.3 is 0 Å². The Morgan fingerprint density at radius 3 is 2.61 bits per heavy atom. The van der Waals surface area contributed by atoms with E-state index in [4.69, 9.17) is 9.72 Å². The minimum absolute atomic E-state index is 0.107. The molecule has 11 nitrogen and oxygen atoms in total. The van der Waals surface area contributed by atoms with E-state index in [1.807, 2.05) is 37.9 Å². The van der Waals surface area contributed by atoms with Gasteiger partial charge in [-0.15, -0.1) is 0 Å². The first-order valence-corrected chi connectivity index (χ1v) is 13.4. The van der Waals surface area contributed by atoms with E-state index in [1.54, 1.807) is 33.7 Å². The molecule has 7 rings (SSSR count). The average molecular weight is 546 g/mol. The number of hydrogen-bond donors (Lipinski definition) is 1. The molecule has 0 radical (unpaired) electrons. The maximum atomic E-state index is 12.6. The number of nitrogens with zero attached hydrogens (tertiary/aromatic N) is 8. The Balaban J connectivity index is 1.04. The second-order valence-corrected chi connectivity index (χ2v) is 10.6. The van der Waals surface area contributed by atoms with Gasteiger partial charge in [0, 0.05) is 85.4 Å². The number of methoxy groups -OCH3 is 1. The van der Waals surface area contributed by atoms with Gasteiger partial charge in [0.1, 0.15) is 11.9 Å². The maximum Gasteiger partial charge on any atom is 0.251 e. The molecule has 0 bridgehead atoms. The number of pyridine rings is 3. The van der Waals surface area contributed by atoms with Gasteiger partial charge in [0.15, 0.2) is 0 Å². The van der Waals surface area contributed by atoms with Crippen molar-refractivity contribution < 1.29 is 9.53 Å². The van der Waals surface area contributed by atoms with Gasteiger partial charge < -0.3 is 15.0 Å². The van der Waals surface area contributed by atoms with Crippen LogP contribution in [0.4, 0.5) is 5.82 Å². The van der Waals surface area contributed by atoms with Gasteiger partial charge in [0.2, 0.25) is 5.88 Å². The Kier molecular flexibility index (Phi) is 5.89. The van der Waals surface area contributed by atoms with Crippen molar-refractivity contribution in [1.82, 2.24) is 34.7 Å². The maximum absolute atomic E-state index is 12.6. The lowest BCUT2D eigenvalue weighted by Crippen LogP contribution is -2.31. The monoisotopic (exact) mass is 545 g/mol. The smallest absolute Gasteiger partial charge is 0.251 e. The molecule has 41 heavy (non-hydrogen) atoms. The van der Waals surface area contributed by atoms with Crippen LogP contribution in [0.25, 0.3) is 27.8 Å². The van der Waals surface area contributed by atoms with Crippen LogP contribution < -0.4 is 15.0 Å². The standard InChI is InChI=1S/C30H27N9O2/c1-37-14-22(12-35-37)20-7-23(29-21(9-31)11-36-39(29)15-20)19-3-4-27(33-10-19)38-16-25-24(26(25)17-38)13-34-30(40)18-5-6-32-28(8-18)41-2/h3-8,10-12,14-15,24-26H,13,16-17H2,1-2H3,(H,34,40)/t24?,25-,26+. The van der Waals surface area contributed by atoms with Crippen molar-refractivity contribution in [3.63, 3.8) is 0 Å². The molecule has 6 heterocycles. The molecule has 1 unspecified atom stereocenters. The number of fused-ring (bicyclic) bond motifs is 2. The van der Waals surface area contributed by atoms with E-state index >= 15 is 0 Å². The summed E-state index contributed by atoms with van der Waals surface area (Å²) >= 11 is 0. The van der Waals surface area contributed by atoms with Gasteiger partial charge in [0.05, 0.1) is 30.6 Å². The first kappa shape index (κ1) is 24.8. The molecular weight excluding hydrogens is 518 g/mol. The average Bonchev–Trinajstić information content (AvgIpc) is 3.44. The van der Waals surface area contributed by atoms with E-state index in [0.29, 0.717) is 41.3 Å². The van der Waals surface area contributed by atoms with Crippen LogP contribution in [-0.4, -0.2) is 62.0 Å². The van der Waals surface area contributed by atoms with Gasteiger partial charge in [-0.2, -0.15) is 15.5 Å². The second-order valence-electron chi connectivity index (χ2n) is 10.6. The zero-order valence-electron chi connectivity index (χ0n) is 22.6. The Morgan fingerprint density at radius 1 is 1.05 bits per heavy atom. The topological polar surface area (TPSA) is 126 Å². The number of aromatic nitrogens is 6. The number of anilines is 1. The van der Waals surface area contributed by atoms with Crippen LogP contribution >= 0.6 is 0 Å². The molecule has 1 amide bonds. The predicted octanol–water partition coefficient (Wildman–Crippen LogP) is 3.18. The molecule has 1 aliphatic carbocycles. The van der Waals surface area contributed by atoms with Crippen LogP contribution in [0.2, 0.25) is 0 Å². The number of hydrogen-bond acceptors (Lipinski definition) is 8. The summed E-state index contributed by atoms with van der Waals surface area (Å²) in [5, 5.41) is 21.5. The van der Waals surface area contributed by atoms with E-state index in [9.17, 15) is 10.1 Å². The molecule has 2 fully saturated rings. The molecule has 11 heteroatoms. The van der Waals surface area contributed by atoms with Gasteiger partial charge in [-0.3, -0.25) is 9.48 Å². The molecule has 1 aliphatic heterocycles. The Morgan fingerprint density at radius 2 is 1.90 bits per heavy atom. The van der Waals surface area contributed by atoms with Crippen LogP contribution in [0.15, 0.2) is 67.5 Å². The zero-order chi connectivity index (χ0) is 28.1. The highest BCUT2D eigenvalue weighted by Gasteiger charge is 2.55. The van der Waals surface area contributed by atoms with Crippen molar-refractivity contribution in [2.24, 2.45) is 24.8 Å². The third-order valence-electron chi connectivity index (χ3n) is 8.23. The van der Waals surface area contributed by atoms with E-state index in [1.165, 1.54) is 7.11 Å². The fourth-order valence-electron chi connectivity index (χ4n) is 6.00. The number of ether oxygens (including phenoxy) is 1. The fraction of sp³-hybridized carbons (Fsp3) is 0.267. The number of nitriles is 1. The Bertz CT molecular complexity index is 1810. The van der Waals surface area contributed by atoms with E-state index in [-0.39, 0.29) is 5.91 Å². The van der Waals surface area contributed by atoms with Gasteiger partial charge in [0.25, 0.3) is 5.91 Å². The molecule has 1 saturated carbocycles. The highest BCUT2D eigenvalue weighted by molar-refractivity contribution is 5.94.